The van der Waals surface area contributed by atoms with E-state index in [0.717, 1.165) is 4.57 Å². The van der Waals surface area contributed by atoms with Crippen molar-refractivity contribution in [2.75, 3.05) is 0 Å². The molecule has 1 unspecified atom stereocenters. The molecule has 0 fully saturated rings. The minimum Gasteiger partial charge on any atom is -0.309 e. The van der Waals surface area contributed by atoms with E-state index in [2.05, 4.69) is 15.0 Å². The maximum Gasteiger partial charge on any atom is 0.238 e. The van der Waals surface area contributed by atoms with Crippen molar-refractivity contribution in [2.24, 2.45) is 0 Å². The van der Waals surface area contributed by atoms with Crippen molar-refractivity contribution in [3.05, 3.63) is 199 Å². The monoisotopic (exact) mass is 776 g/mol. The largest absolute Gasteiger partial charge is 0.309 e. The van der Waals surface area contributed by atoms with Crippen LogP contribution in [0.2, 0.25) is 0 Å². The zero-order valence-electron chi connectivity index (χ0n) is 61.2. The lowest BCUT2D eigenvalue weighted by molar-refractivity contribution is 0.953. The van der Waals surface area contributed by atoms with E-state index in [1.54, 1.807) is 0 Å². The Labute approximate surface area is 376 Å². The Morgan fingerprint density at radius 2 is 0.877 bits per heavy atom. The summed E-state index contributed by atoms with van der Waals surface area (Å²) in [5, 5.41) is -6.27. The Balaban J connectivity index is 1.40. The third kappa shape index (κ3) is 4.53. The summed E-state index contributed by atoms with van der Waals surface area (Å²) < 4.78 is 306. The predicted octanol–water partition coefficient (Wildman–Crippen LogP) is 9.09. The lowest BCUT2D eigenvalue weighted by atomic mass is 10.1. The molecule has 8 aromatic carbocycles. The number of aromatic nitrogens is 5. The zero-order valence-corrected chi connectivity index (χ0v) is 29.2. The molecule has 6 heteroatoms. The minimum atomic E-state index is -6.34. The van der Waals surface area contributed by atoms with Gasteiger partial charge in [0, 0.05) is 38.4 Å². The van der Waals surface area contributed by atoms with Gasteiger partial charge in [-0.2, -0.15) is 9.97 Å². The van der Waals surface area contributed by atoms with Crippen LogP contribution in [0.4, 0.5) is 0 Å². The molecule has 0 radical (unpaired) electrons. The molecule has 11 aromatic rings. The maximum atomic E-state index is 10.6. The van der Waals surface area contributed by atoms with Gasteiger partial charge in [-0.3, -0.25) is 4.57 Å². The smallest absolute Gasteiger partial charge is 0.238 e. The molecule has 0 bridgehead atoms. The molecule has 57 heavy (non-hydrogen) atoms. The van der Waals surface area contributed by atoms with Gasteiger partial charge in [-0.1, -0.05) is 175 Å². The Hall–Kier alpha value is -7.41. The fourth-order valence-corrected chi connectivity index (χ4v) is 11.5. The lowest BCUT2D eigenvalue weighted by Crippen LogP contribution is -2.76. The second kappa shape index (κ2) is 12.3. The van der Waals surface area contributed by atoms with Crippen LogP contribution in [0.5, 0.6) is 0 Å². The molecule has 4 heterocycles. The maximum absolute atomic E-state index is 10.6. The third-order valence-electron chi connectivity index (χ3n) is 9.53. The molecule has 1 aliphatic heterocycles. The summed E-state index contributed by atoms with van der Waals surface area (Å²) in [6.07, 6.45) is 0. The van der Waals surface area contributed by atoms with Crippen LogP contribution in [0.25, 0.3) is 78.0 Å². The Bertz CT molecular complexity index is 5180. The number of hydrogen-bond acceptors (Lipinski definition) is 3. The molecular formula is C51H33N5Si. The summed E-state index contributed by atoms with van der Waals surface area (Å²) in [7, 11) is -6.34. The fraction of sp³-hybridized carbons (Fsp3) is 0. The SMILES string of the molecule is [2H]c1c([2H])c([2H])c(-c2nc(-c3c([2H])c([2H])c([2H])c([Si]4(c5c([2H])c([2H])c([2H])c([2H])c5[2H])c5c([2H])c([2H])c([2H])c([2H])c5-n5c6c([2H])c([2H])c([2H])c([2H])c6c6c([2H])c([2H])c([2H])c4c65)c3[2H])nc(-n3c4c([2H])c([2H])c([2H])c([2H])c4c4c([2H])c([2H])c([2H])c([2H])c43)n2)c([2H])c1[2H]. The standard InChI is InChI=1S/C51H33N5Si/c1-3-17-34(18-4-1)49-52-50(54-51(53-49)56-43-28-11-7-23-38(43)39-24-8-12-29-44(39)56)35-19-15-22-37(33-35)57(36-20-5-2-6-21-36)46-31-14-13-30-45(46)55-42-27-10-9-25-40(42)41-26-16-32-47(57)48(41)55/h1-33H/i1D,2D,3D,4D,5D,6D,7D,8D,9D,10D,11D,12D,13D,14D,15D,16D,17D,18D,19D,20D,21D,22D,23D,24D,25D,26D,27D,28D,29D,30D,31D,32D,33D. The first kappa shape index (κ1) is 13.4. The van der Waals surface area contributed by atoms with Crippen molar-refractivity contribution in [3.8, 4) is 34.4 Å². The first-order valence-electron chi connectivity index (χ1n) is 33.2. The van der Waals surface area contributed by atoms with Crippen LogP contribution in [0.3, 0.4) is 0 Å². The van der Waals surface area contributed by atoms with Crippen LogP contribution in [0.1, 0.15) is 45.2 Å². The molecule has 12 rings (SSSR count). The molecule has 5 nitrogen and oxygen atoms in total. The van der Waals surface area contributed by atoms with Crippen LogP contribution >= 0.6 is 0 Å². The van der Waals surface area contributed by atoms with E-state index in [1.807, 2.05) is 0 Å². The predicted molar refractivity (Wildman–Crippen MR) is 237 cm³/mol. The zero-order chi connectivity index (χ0) is 66.2. The quantitative estimate of drug-likeness (QED) is 0.164. The second-order valence-electron chi connectivity index (χ2n) is 12.3. The van der Waals surface area contributed by atoms with E-state index in [1.165, 1.54) is 0 Å². The molecule has 0 saturated heterocycles. The van der Waals surface area contributed by atoms with Crippen LogP contribution in [-0.2, 0) is 0 Å². The molecule has 1 atom stereocenters. The highest BCUT2D eigenvalue weighted by Gasteiger charge is 2.47. The summed E-state index contributed by atoms with van der Waals surface area (Å²) in [4.78, 5) is 13.4. The van der Waals surface area contributed by atoms with Gasteiger partial charge < -0.3 is 4.57 Å². The molecule has 1 aliphatic rings. The molecule has 3 aromatic heterocycles. The number of rotatable bonds is 5. The highest BCUT2D eigenvalue weighted by atomic mass is 28.3. The number of benzene rings is 8. The molecule has 266 valence electrons. The van der Waals surface area contributed by atoms with Gasteiger partial charge in [-0.25, -0.2) is 4.98 Å². The van der Waals surface area contributed by atoms with E-state index in [0.29, 0.717) is 4.57 Å². The van der Waals surface area contributed by atoms with E-state index >= 15 is 0 Å². The number of nitrogens with zero attached hydrogens (tertiary/aromatic N) is 5. The van der Waals surface area contributed by atoms with Gasteiger partial charge in [0.25, 0.3) is 0 Å². The molecular weight excluding hydrogens is 711 g/mol. The first-order valence-corrected chi connectivity index (χ1v) is 18.7. The average Bonchev–Trinajstić information content (AvgIpc) is 1.27. The van der Waals surface area contributed by atoms with Crippen molar-refractivity contribution in [3.63, 3.8) is 0 Å². The Kier molecular flexibility index (Phi) is 2.88. The summed E-state index contributed by atoms with van der Waals surface area (Å²) >= 11 is 0. The molecule has 0 spiro atoms. The number of para-hydroxylation sites is 5. The summed E-state index contributed by atoms with van der Waals surface area (Å²) in [6, 6.07) is -34.8. The lowest BCUT2D eigenvalue weighted by Gasteiger charge is -2.39. The molecule has 0 N–H and O–H groups in total. The normalized spacial score (nSPS) is 22.8. The van der Waals surface area contributed by atoms with Gasteiger partial charge >= 0.3 is 0 Å². The van der Waals surface area contributed by atoms with Crippen molar-refractivity contribution < 1.29 is 45.2 Å². The van der Waals surface area contributed by atoms with E-state index in [4.69, 9.17) is 23.3 Å². The van der Waals surface area contributed by atoms with Crippen LogP contribution in [-0.4, -0.2) is 32.2 Å². The van der Waals surface area contributed by atoms with E-state index < -0.39 is 306 Å². The van der Waals surface area contributed by atoms with Gasteiger partial charge in [0.05, 0.1) is 67.3 Å². The van der Waals surface area contributed by atoms with Gasteiger partial charge in [-0.05, 0) is 44.9 Å². The number of fused-ring (bicyclic) bond motifs is 8. The van der Waals surface area contributed by atoms with Gasteiger partial charge in [-0.15, -0.1) is 0 Å². The van der Waals surface area contributed by atoms with Crippen molar-refractivity contribution in [1.29, 1.82) is 0 Å². The molecule has 0 saturated carbocycles. The Morgan fingerprint density at radius 3 is 1.60 bits per heavy atom. The summed E-state index contributed by atoms with van der Waals surface area (Å²) in [6.45, 7) is 0. The van der Waals surface area contributed by atoms with Gasteiger partial charge in [0.1, 0.15) is 0 Å². The number of hydrogen-bond donors (Lipinski definition) is 0. The third-order valence-corrected chi connectivity index (χ3v) is 13.8. The van der Waals surface area contributed by atoms with Crippen molar-refractivity contribution in [1.82, 2.24) is 24.1 Å². The summed E-state index contributed by atoms with van der Waals surface area (Å²) in [5.74, 6) is -3.15. The summed E-state index contributed by atoms with van der Waals surface area (Å²) in [5.41, 5.74) is -5.51. The first-order chi connectivity index (χ1) is 42.0. The average molecular weight is 777 g/mol. The minimum absolute atomic E-state index is 0.562. The van der Waals surface area contributed by atoms with Gasteiger partial charge in [0.15, 0.2) is 19.7 Å². The molecule has 0 amide bonds. The van der Waals surface area contributed by atoms with Crippen molar-refractivity contribution >= 4 is 72.4 Å². The Morgan fingerprint density at radius 1 is 0.386 bits per heavy atom. The van der Waals surface area contributed by atoms with Crippen molar-refractivity contribution in [2.45, 2.75) is 0 Å². The second-order valence-corrected chi connectivity index (χ2v) is 15.8. The topological polar surface area (TPSA) is 48.5 Å². The van der Waals surface area contributed by atoms with Crippen LogP contribution in [0.15, 0.2) is 199 Å². The highest BCUT2D eigenvalue weighted by Crippen LogP contribution is 2.36. The van der Waals surface area contributed by atoms with Crippen LogP contribution in [0, 0.1) is 0 Å². The van der Waals surface area contributed by atoms with E-state index in [9.17, 15) is 21.9 Å². The van der Waals surface area contributed by atoms with Gasteiger partial charge in [0.2, 0.25) is 5.95 Å². The fourth-order valence-electron chi connectivity index (χ4n) is 7.31. The molecule has 0 aliphatic carbocycles. The van der Waals surface area contributed by atoms with Crippen LogP contribution < -0.4 is 20.7 Å². The highest BCUT2D eigenvalue weighted by molar-refractivity contribution is 7.21. The van der Waals surface area contributed by atoms with E-state index in [-0.39, 0.29) is 0 Å².